The van der Waals surface area contributed by atoms with Gasteiger partial charge < -0.3 is 10.4 Å². The SMILES string of the molecule is CCCCc1ccc(NC(=O)[C@@H]2CCCC[C@@H]2C(=O)O)cc1. The summed E-state index contributed by atoms with van der Waals surface area (Å²) in [5.41, 5.74) is 2.01. The average Bonchev–Trinajstić information content (AvgIpc) is 2.54. The minimum absolute atomic E-state index is 0.159. The minimum Gasteiger partial charge on any atom is -0.481 e. The third-order valence-electron chi connectivity index (χ3n) is 4.46. The summed E-state index contributed by atoms with van der Waals surface area (Å²) in [5, 5.41) is 12.1. The van der Waals surface area contributed by atoms with Crippen molar-refractivity contribution in [1.82, 2.24) is 0 Å². The summed E-state index contributed by atoms with van der Waals surface area (Å²) < 4.78 is 0. The lowest BCUT2D eigenvalue weighted by molar-refractivity contribution is -0.147. The Morgan fingerprint density at radius 2 is 1.77 bits per heavy atom. The summed E-state index contributed by atoms with van der Waals surface area (Å²) in [6.45, 7) is 2.16. The van der Waals surface area contributed by atoms with E-state index in [4.69, 9.17) is 0 Å². The van der Waals surface area contributed by atoms with Crippen LogP contribution in [0.2, 0.25) is 0 Å². The number of amides is 1. The lowest BCUT2D eigenvalue weighted by Gasteiger charge is -2.27. The van der Waals surface area contributed by atoms with Crippen molar-refractivity contribution in [2.75, 3.05) is 5.32 Å². The van der Waals surface area contributed by atoms with Gasteiger partial charge in [0.15, 0.2) is 0 Å². The molecular formula is C18H25NO3. The van der Waals surface area contributed by atoms with Gasteiger partial charge in [-0.2, -0.15) is 0 Å². The van der Waals surface area contributed by atoms with Crippen LogP contribution in [0.25, 0.3) is 0 Å². The van der Waals surface area contributed by atoms with Gasteiger partial charge >= 0.3 is 5.97 Å². The molecule has 0 radical (unpaired) electrons. The smallest absolute Gasteiger partial charge is 0.307 e. The second kappa shape index (κ2) is 7.97. The first-order chi connectivity index (χ1) is 10.6. The molecule has 1 aliphatic carbocycles. The van der Waals surface area contributed by atoms with E-state index in [1.807, 2.05) is 24.3 Å². The second-order valence-corrected chi connectivity index (χ2v) is 6.13. The number of carboxylic acids is 1. The molecule has 1 amide bonds. The quantitative estimate of drug-likeness (QED) is 0.838. The molecule has 0 bridgehead atoms. The molecule has 1 saturated carbocycles. The van der Waals surface area contributed by atoms with E-state index in [0.717, 1.165) is 37.8 Å². The van der Waals surface area contributed by atoms with E-state index in [2.05, 4.69) is 12.2 Å². The van der Waals surface area contributed by atoms with Gasteiger partial charge in [-0.25, -0.2) is 0 Å². The van der Waals surface area contributed by atoms with Crippen molar-refractivity contribution in [3.05, 3.63) is 29.8 Å². The van der Waals surface area contributed by atoms with Crippen molar-refractivity contribution in [3.8, 4) is 0 Å². The average molecular weight is 303 g/mol. The molecule has 1 aliphatic rings. The van der Waals surface area contributed by atoms with Crippen molar-refractivity contribution in [3.63, 3.8) is 0 Å². The van der Waals surface area contributed by atoms with Crippen molar-refractivity contribution < 1.29 is 14.7 Å². The van der Waals surface area contributed by atoms with Crippen molar-refractivity contribution in [2.45, 2.75) is 51.9 Å². The number of hydrogen-bond acceptors (Lipinski definition) is 2. The highest BCUT2D eigenvalue weighted by Crippen LogP contribution is 2.31. The summed E-state index contributed by atoms with van der Waals surface area (Å²) in [6, 6.07) is 7.87. The molecule has 4 heteroatoms. The zero-order valence-electron chi connectivity index (χ0n) is 13.2. The van der Waals surface area contributed by atoms with Gasteiger partial charge in [0, 0.05) is 5.69 Å². The van der Waals surface area contributed by atoms with Crippen LogP contribution in [0.4, 0.5) is 5.69 Å². The molecule has 2 N–H and O–H groups in total. The highest BCUT2D eigenvalue weighted by molar-refractivity contribution is 5.95. The number of unbranched alkanes of at least 4 members (excludes halogenated alkanes) is 1. The van der Waals surface area contributed by atoms with Crippen LogP contribution in [0, 0.1) is 11.8 Å². The summed E-state index contributed by atoms with van der Waals surface area (Å²) in [5.74, 6) is -1.97. The number of hydrogen-bond donors (Lipinski definition) is 2. The molecule has 2 atom stereocenters. The molecule has 0 heterocycles. The second-order valence-electron chi connectivity index (χ2n) is 6.13. The Labute approximate surface area is 131 Å². The molecule has 1 aromatic rings. The maximum Gasteiger partial charge on any atom is 0.307 e. The predicted octanol–water partition coefficient (Wildman–Crippen LogP) is 3.86. The monoisotopic (exact) mass is 303 g/mol. The van der Waals surface area contributed by atoms with Crippen LogP contribution >= 0.6 is 0 Å². The van der Waals surface area contributed by atoms with Gasteiger partial charge in [0.2, 0.25) is 5.91 Å². The number of nitrogens with one attached hydrogen (secondary N) is 1. The highest BCUT2D eigenvalue weighted by atomic mass is 16.4. The van der Waals surface area contributed by atoms with E-state index in [9.17, 15) is 14.7 Å². The van der Waals surface area contributed by atoms with Gasteiger partial charge in [-0.15, -0.1) is 0 Å². The Morgan fingerprint density at radius 1 is 1.14 bits per heavy atom. The van der Waals surface area contributed by atoms with Gasteiger partial charge in [-0.05, 0) is 43.4 Å². The molecular weight excluding hydrogens is 278 g/mol. The first-order valence-electron chi connectivity index (χ1n) is 8.24. The van der Waals surface area contributed by atoms with Crippen LogP contribution in [0.15, 0.2) is 24.3 Å². The Hall–Kier alpha value is -1.84. The van der Waals surface area contributed by atoms with Crippen LogP contribution in [-0.2, 0) is 16.0 Å². The molecule has 120 valence electrons. The first kappa shape index (κ1) is 16.5. The zero-order valence-corrected chi connectivity index (χ0v) is 13.2. The number of carboxylic acid groups (broad SMARTS) is 1. The van der Waals surface area contributed by atoms with Gasteiger partial charge in [0.25, 0.3) is 0 Å². The summed E-state index contributed by atoms with van der Waals surface area (Å²) in [6.07, 6.45) is 6.46. The van der Waals surface area contributed by atoms with E-state index in [1.54, 1.807) is 0 Å². The third-order valence-corrected chi connectivity index (χ3v) is 4.46. The molecule has 4 nitrogen and oxygen atoms in total. The molecule has 0 unspecified atom stereocenters. The lowest BCUT2D eigenvalue weighted by Crippen LogP contribution is -2.36. The molecule has 0 spiro atoms. The number of aliphatic carboxylic acids is 1. The van der Waals surface area contributed by atoms with E-state index in [-0.39, 0.29) is 5.91 Å². The Bertz CT molecular complexity index is 510. The summed E-state index contributed by atoms with van der Waals surface area (Å²) >= 11 is 0. The minimum atomic E-state index is -0.852. The largest absolute Gasteiger partial charge is 0.481 e. The van der Waals surface area contributed by atoms with Crippen molar-refractivity contribution in [1.29, 1.82) is 0 Å². The van der Waals surface area contributed by atoms with E-state index in [0.29, 0.717) is 12.8 Å². The predicted molar refractivity (Wildman–Crippen MR) is 86.8 cm³/mol. The number of anilines is 1. The Balaban J connectivity index is 1.96. The van der Waals surface area contributed by atoms with Gasteiger partial charge in [-0.3, -0.25) is 9.59 Å². The summed E-state index contributed by atoms with van der Waals surface area (Å²) in [4.78, 5) is 23.7. The number of benzene rings is 1. The molecule has 0 saturated heterocycles. The molecule has 1 fully saturated rings. The van der Waals surface area contributed by atoms with E-state index < -0.39 is 17.8 Å². The normalized spacial score (nSPS) is 21.3. The van der Waals surface area contributed by atoms with Crippen LogP contribution in [0.1, 0.15) is 51.0 Å². The third kappa shape index (κ3) is 4.33. The van der Waals surface area contributed by atoms with Gasteiger partial charge in [-0.1, -0.05) is 38.3 Å². The highest BCUT2D eigenvalue weighted by Gasteiger charge is 2.35. The van der Waals surface area contributed by atoms with Crippen LogP contribution in [0.3, 0.4) is 0 Å². The van der Waals surface area contributed by atoms with E-state index in [1.165, 1.54) is 5.56 Å². The summed E-state index contributed by atoms with van der Waals surface area (Å²) in [7, 11) is 0. The first-order valence-corrected chi connectivity index (χ1v) is 8.24. The van der Waals surface area contributed by atoms with Crippen molar-refractivity contribution >= 4 is 17.6 Å². The van der Waals surface area contributed by atoms with Crippen LogP contribution < -0.4 is 5.32 Å². The van der Waals surface area contributed by atoms with Crippen LogP contribution in [-0.4, -0.2) is 17.0 Å². The molecule has 1 aromatic carbocycles. The molecule has 0 aromatic heterocycles. The van der Waals surface area contributed by atoms with Gasteiger partial charge in [0.1, 0.15) is 0 Å². The standard InChI is InChI=1S/C18H25NO3/c1-2-3-6-13-9-11-14(12-10-13)19-17(20)15-7-4-5-8-16(15)18(21)22/h9-12,15-16H,2-8H2,1H3,(H,19,20)(H,21,22)/t15-,16+/m1/s1. The topological polar surface area (TPSA) is 66.4 Å². The lowest BCUT2D eigenvalue weighted by atomic mass is 9.78. The van der Waals surface area contributed by atoms with E-state index >= 15 is 0 Å². The molecule has 2 rings (SSSR count). The molecule has 22 heavy (non-hydrogen) atoms. The zero-order chi connectivity index (χ0) is 15.9. The maximum atomic E-state index is 12.4. The number of rotatable bonds is 6. The maximum absolute atomic E-state index is 12.4. The number of carbonyl (C=O) groups is 2. The van der Waals surface area contributed by atoms with Crippen LogP contribution in [0.5, 0.6) is 0 Å². The fourth-order valence-electron chi connectivity index (χ4n) is 3.11. The Kier molecular flexibility index (Phi) is 5.99. The van der Waals surface area contributed by atoms with Gasteiger partial charge in [0.05, 0.1) is 11.8 Å². The fraction of sp³-hybridized carbons (Fsp3) is 0.556. The molecule has 0 aliphatic heterocycles. The van der Waals surface area contributed by atoms with Crippen molar-refractivity contribution in [2.24, 2.45) is 11.8 Å². The Morgan fingerprint density at radius 3 is 2.36 bits per heavy atom. The number of aryl methyl sites for hydroxylation is 1. The number of carbonyl (C=O) groups excluding carboxylic acids is 1. The fourth-order valence-corrected chi connectivity index (χ4v) is 3.11.